The average Bonchev–Trinajstić information content (AvgIpc) is 2.18. The highest BCUT2D eigenvalue weighted by Gasteiger charge is 2.27. The number of nitro groups is 1. The maximum atomic E-state index is 10.8. The molecule has 86 valence electrons. The number of β-amino-alcohol motifs (C(OH)–C–C–N with tert-alkyl or cyclic N) is 1. The third kappa shape index (κ3) is 2.16. The number of likely N-dealkylation sites (tertiary alicyclic amines) is 1. The number of benzene rings is 1. The van der Waals surface area contributed by atoms with Crippen molar-refractivity contribution in [2.75, 3.05) is 13.1 Å². The number of hydrogen-bond donors (Lipinski definition) is 1. The Labute approximate surface area is 97.4 Å². The molecule has 1 N–H and O–H groups in total. The molecule has 0 saturated carbocycles. The van der Waals surface area contributed by atoms with Crippen LogP contribution in [0.3, 0.4) is 0 Å². The second-order valence-corrected chi connectivity index (χ2v) is 4.25. The van der Waals surface area contributed by atoms with Gasteiger partial charge < -0.3 is 5.11 Å². The first-order valence-corrected chi connectivity index (χ1v) is 5.28. The van der Waals surface area contributed by atoms with Crippen molar-refractivity contribution in [2.24, 2.45) is 0 Å². The van der Waals surface area contributed by atoms with Gasteiger partial charge in [0.15, 0.2) is 0 Å². The van der Waals surface area contributed by atoms with Crippen LogP contribution in [0.2, 0.25) is 5.02 Å². The Morgan fingerprint density at radius 1 is 1.56 bits per heavy atom. The molecule has 16 heavy (non-hydrogen) atoms. The molecular weight excluding hydrogens is 232 g/mol. The summed E-state index contributed by atoms with van der Waals surface area (Å²) in [6.45, 7) is 1.50. The number of halogens is 1. The molecule has 1 aliphatic heterocycles. The van der Waals surface area contributed by atoms with E-state index in [0.717, 1.165) is 0 Å². The molecule has 0 aliphatic carbocycles. The van der Waals surface area contributed by atoms with Crippen LogP contribution in [0.15, 0.2) is 18.2 Å². The molecule has 6 heteroatoms. The zero-order chi connectivity index (χ0) is 11.7. The Bertz CT molecular complexity index is 419. The second kappa shape index (κ2) is 4.37. The van der Waals surface area contributed by atoms with Crippen molar-refractivity contribution < 1.29 is 10.0 Å². The first-order valence-electron chi connectivity index (χ1n) is 4.90. The van der Waals surface area contributed by atoms with E-state index < -0.39 is 4.92 Å². The number of rotatable bonds is 3. The molecule has 5 nitrogen and oxygen atoms in total. The molecule has 0 bridgehead atoms. The number of aliphatic hydroxyl groups is 1. The van der Waals surface area contributed by atoms with Gasteiger partial charge in [-0.1, -0.05) is 17.7 Å². The fraction of sp³-hybridized carbons (Fsp3) is 0.400. The van der Waals surface area contributed by atoms with Crippen molar-refractivity contribution in [2.45, 2.75) is 12.6 Å². The van der Waals surface area contributed by atoms with Gasteiger partial charge in [0.05, 0.1) is 21.6 Å². The van der Waals surface area contributed by atoms with Gasteiger partial charge in [0.1, 0.15) is 0 Å². The molecule has 1 fully saturated rings. The number of nitro benzene ring substituents is 1. The standard InChI is InChI=1S/C10H11ClN2O3/c11-9-2-1-3-10(13(15)16)8(9)6-12-4-7(14)5-12/h1-3,7,14H,4-6H2. The fourth-order valence-corrected chi connectivity index (χ4v) is 2.00. The van der Waals surface area contributed by atoms with Crippen LogP contribution in [-0.4, -0.2) is 34.1 Å². The summed E-state index contributed by atoms with van der Waals surface area (Å²) < 4.78 is 0. The molecule has 0 atom stereocenters. The molecule has 0 unspecified atom stereocenters. The van der Waals surface area contributed by atoms with E-state index in [2.05, 4.69) is 0 Å². The topological polar surface area (TPSA) is 66.6 Å². The fourth-order valence-electron chi connectivity index (χ4n) is 1.77. The molecule has 1 saturated heterocycles. The van der Waals surface area contributed by atoms with Gasteiger partial charge in [0.25, 0.3) is 5.69 Å². The van der Waals surface area contributed by atoms with Gasteiger partial charge in [-0.15, -0.1) is 0 Å². The molecule has 0 spiro atoms. The molecular formula is C10H11ClN2O3. The third-order valence-corrected chi connectivity index (χ3v) is 2.96. The lowest BCUT2D eigenvalue weighted by Crippen LogP contribution is -2.49. The summed E-state index contributed by atoms with van der Waals surface area (Å²) in [6, 6.07) is 4.65. The SMILES string of the molecule is O=[N+]([O-])c1cccc(Cl)c1CN1CC(O)C1. The summed E-state index contributed by atoms with van der Waals surface area (Å²) >= 11 is 5.94. The minimum absolute atomic E-state index is 0.0360. The van der Waals surface area contributed by atoms with E-state index in [1.807, 2.05) is 4.90 Å². The highest BCUT2D eigenvalue weighted by atomic mass is 35.5. The molecule has 2 rings (SSSR count). The third-order valence-electron chi connectivity index (χ3n) is 2.61. The predicted molar refractivity (Wildman–Crippen MR) is 59.4 cm³/mol. The van der Waals surface area contributed by atoms with Crippen molar-refractivity contribution >= 4 is 17.3 Å². The van der Waals surface area contributed by atoms with Crippen molar-refractivity contribution in [3.05, 3.63) is 38.9 Å². The Hall–Kier alpha value is -1.17. The minimum atomic E-state index is -0.433. The van der Waals surface area contributed by atoms with E-state index in [1.54, 1.807) is 12.1 Å². The lowest BCUT2D eigenvalue weighted by molar-refractivity contribution is -0.385. The van der Waals surface area contributed by atoms with Crippen LogP contribution >= 0.6 is 11.6 Å². The van der Waals surface area contributed by atoms with Crippen LogP contribution in [0.25, 0.3) is 0 Å². The van der Waals surface area contributed by atoms with Crippen molar-refractivity contribution in [1.29, 1.82) is 0 Å². The quantitative estimate of drug-likeness (QED) is 0.643. The number of aliphatic hydroxyl groups excluding tert-OH is 1. The Morgan fingerprint density at radius 3 is 2.81 bits per heavy atom. The maximum Gasteiger partial charge on any atom is 0.275 e. The average molecular weight is 243 g/mol. The van der Waals surface area contributed by atoms with Crippen LogP contribution in [0.1, 0.15) is 5.56 Å². The Morgan fingerprint density at radius 2 is 2.25 bits per heavy atom. The lowest BCUT2D eigenvalue weighted by atomic mass is 10.1. The van der Waals surface area contributed by atoms with Crippen LogP contribution < -0.4 is 0 Å². The molecule has 1 heterocycles. The molecule has 1 aliphatic rings. The Balaban J connectivity index is 2.21. The summed E-state index contributed by atoms with van der Waals surface area (Å²) in [5.74, 6) is 0. The van der Waals surface area contributed by atoms with Crippen molar-refractivity contribution in [1.82, 2.24) is 4.90 Å². The van der Waals surface area contributed by atoms with Gasteiger partial charge in [-0.3, -0.25) is 15.0 Å². The summed E-state index contributed by atoms with van der Waals surface area (Å²) in [7, 11) is 0. The van der Waals surface area contributed by atoms with Crippen LogP contribution in [0.5, 0.6) is 0 Å². The second-order valence-electron chi connectivity index (χ2n) is 3.84. The highest BCUT2D eigenvalue weighted by Crippen LogP contribution is 2.28. The van der Waals surface area contributed by atoms with Crippen LogP contribution in [0.4, 0.5) is 5.69 Å². The van der Waals surface area contributed by atoms with Gasteiger partial charge in [-0.05, 0) is 6.07 Å². The minimum Gasteiger partial charge on any atom is -0.390 e. The van der Waals surface area contributed by atoms with E-state index in [4.69, 9.17) is 16.7 Å². The van der Waals surface area contributed by atoms with Crippen molar-refractivity contribution in [3.63, 3.8) is 0 Å². The van der Waals surface area contributed by atoms with Crippen LogP contribution in [0, 0.1) is 10.1 Å². The number of nitrogens with zero attached hydrogens (tertiary/aromatic N) is 2. The van der Waals surface area contributed by atoms with Gasteiger partial charge in [0, 0.05) is 25.7 Å². The highest BCUT2D eigenvalue weighted by molar-refractivity contribution is 6.31. The molecule has 0 aromatic heterocycles. The van der Waals surface area contributed by atoms with E-state index in [9.17, 15) is 10.1 Å². The lowest BCUT2D eigenvalue weighted by Gasteiger charge is -2.35. The zero-order valence-electron chi connectivity index (χ0n) is 8.47. The van der Waals surface area contributed by atoms with Crippen molar-refractivity contribution in [3.8, 4) is 0 Å². The molecule has 1 aromatic carbocycles. The summed E-state index contributed by atoms with van der Waals surface area (Å²) in [6.07, 6.45) is -0.318. The normalized spacial score (nSPS) is 17.1. The summed E-state index contributed by atoms with van der Waals surface area (Å²) in [5.41, 5.74) is 0.551. The van der Waals surface area contributed by atoms with E-state index >= 15 is 0 Å². The van der Waals surface area contributed by atoms with Crippen LogP contribution in [-0.2, 0) is 6.54 Å². The first kappa shape index (κ1) is 11.3. The monoisotopic (exact) mass is 242 g/mol. The zero-order valence-corrected chi connectivity index (χ0v) is 9.22. The Kier molecular flexibility index (Phi) is 3.09. The number of hydrogen-bond acceptors (Lipinski definition) is 4. The predicted octanol–water partition coefficient (Wildman–Crippen LogP) is 1.42. The van der Waals surface area contributed by atoms with E-state index in [1.165, 1.54) is 6.07 Å². The van der Waals surface area contributed by atoms with Gasteiger partial charge in [-0.2, -0.15) is 0 Å². The molecule has 0 radical (unpaired) electrons. The van der Waals surface area contributed by atoms with Gasteiger partial charge in [0.2, 0.25) is 0 Å². The summed E-state index contributed by atoms with van der Waals surface area (Å²) in [4.78, 5) is 12.3. The first-order chi connectivity index (χ1) is 7.58. The van der Waals surface area contributed by atoms with Gasteiger partial charge >= 0.3 is 0 Å². The smallest absolute Gasteiger partial charge is 0.275 e. The molecule has 0 amide bonds. The van der Waals surface area contributed by atoms with Gasteiger partial charge in [-0.25, -0.2) is 0 Å². The van der Waals surface area contributed by atoms with E-state index in [0.29, 0.717) is 30.2 Å². The molecule has 1 aromatic rings. The van der Waals surface area contributed by atoms with E-state index in [-0.39, 0.29) is 11.8 Å². The maximum absolute atomic E-state index is 10.8. The summed E-state index contributed by atoms with van der Waals surface area (Å²) in [5, 5.41) is 20.3. The largest absolute Gasteiger partial charge is 0.390 e.